The van der Waals surface area contributed by atoms with Gasteiger partial charge >= 0.3 is 0 Å². The summed E-state index contributed by atoms with van der Waals surface area (Å²) in [6.45, 7) is 1.95. The molecule has 0 saturated heterocycles. The average molecular weight is 281 g/mol. The molecule has 0 spiro atoms. The fraction of sp³-hybridized carbons (Fsp3) is 0.368. The Kier molecular flexibility index (Phi) is 4.56. The van der Waals surface area contributed by atoms with Crippen molar-refractivity contribution in [2.24, 2.45) is 5.92 Å². The minimum Gasteiger partial charge on any atom is -0.496 e. The Bertz CT molecular complexity index is 632. The number of ether oxygens (including phenoxy) is 1. The quantitative estimate of drug-likeness (QED) is 0.825. The molecule has 2 aromatic carbocycles. The van der Waals surface area contributed by atoms with Crippen LogP contribution in [0.5, 0.6) is 5.75 Å². The normalized spacial score (nSPS) is 18.0. The van der Waals surface area contributed by atoms with E-state index in [1.54, 1.807) is 7.11 Å². The van der Waals surface area contributed by atoms with Crippen LogP contribution >= 0.6 is 0 Å². The van der Waals surface area contributed by atoms with Gasteiger partial charge in [-0.1, -0.05) is 42.5 Å². The first-order valence-corrected chi connectivity index (χ1v) is 7.79. The van der Waals surface area contributed by atoms with E-state index in [1.165, 1.54) is 35.6 Å². The molecule has 0 bridgehead atoms. The van der Waals surface area contributed by atoms with Gasteiger partial charge < -0.3 is 10.1 Å². The molecule has 21 heavy (non-hydrogen) atoms. The Morgan fingerprint density at radius 1 is 1.14 bits per heavy atom. The Labute approximate surface area is 126 Å². The third kappa shape index (κ3) is 3.27. The lowest BCUT2D eigenvalue weighted by molar-refractivity contribution is 0.403. The zero-order valence-corrected chi connectivity index (χ0v) is 12.6. The van der Waals surface area contributed by atoms with Gasteiger partial charge in [-0.2, -0.15) is 0 Å². The first kappa shape index (κ1) is 14.2. The van der Waals surface area contributed by atoms with E-state index in [1.807, 2.05) is 0 Å². The summed E-state index contributed by atoms with van der Waals surface area (Å²) < 4.78 is 5.54. The van der Waals surface area contributed by atoms with Gasteiger partial charge in [0.2, 0.25) is 0 Å². The molecule has 2 aromatic rings. The predicted octanol–water partition coefficient (Wildman–Crippen LogP) is 4.29. The summed E-state index contributed by atoms with van der Waals surface area (Å²) in [5.41, 5.74) is 1.27. The van der Waals surface area contributed by atoms with E-state index >= 15 is 0 Å². The molecule has 0 aliphatic heterocycles. The van der Waals surface area contributed by atoms with E-state index in [-0.39, 0.29) is 0 Å². The van der Waals surface area contributed by atoms with Crippen LogP contribution in [-0.4, -0.2) is 13.7 Å². The Morgan fingerprint density at radius 2 is 2.05 bits per heavy atom. The molecular formula is C19H23NO. The third-order valence-electron chi connectivity index (χ3n) is 4.33. The molecule has 0 amide bonds. The molecule has 110 valence electrons. The molecule has 1 N–H and O–H groups in total. The zero-order valence-electron chi connectivity index (χ0n) is 12.6. The second kappa shape index (κ2) is 6.77. The summed E-state index contributed by atoms with van der Waals surface area (Å²) in [7, 11) is 1.75. The van der Waals surface area contributed by atoms with E-state index in [4.69, 9.17) is 4.74 Å². The molecule has 0 heterocycles. The van der Waals surface area contributed by atoms with Crippen molar-refractivity contribution in [3.8, 4) is 5.75 Å². The molecule has 3 rings (SSSR count). The highest BCUT2D eigenvalue weighted by Crippen LogP contribution is 2.28. The molecule has 1 unspecified atom stereocenters. The second-order valence-corrected chi connectivity index (χ2v) is 5.75. The van der Waals surface area contributed by atoms with Crippen LogP contribution in [0.2, 0.25) is 0 Å². The highest BCUT2D eigenvalue weighted by molar-refractivity contribution is 5.87. The van der Waals surface area contributed by atoms with Gasteiger partial charge in [-0.25, -0.2) is 0 Å². The lowest BCUT2D eigenvalue weighted by Crippen LogP contribution is -2.23. The molecule has 0 fully saturated rings. The minimum atomic E-state index is 0.774. The van der Waals surface area contributed by atoms with Crippen LogP contribution in [-0.2, 0) is 6.54 Å². The molecule has 2 nitrogen and oxygen atoms in total. The van der Waals surface area contributed by atoms with Crippen LogP contribution < -0.4 is 10.1 Å². The first-order valence-electron chi connectivity index (χ1n) is 7.79. The SMILES string of the molecule is COc1ccc2ccccc2c1CNCC1CC=CCC1. The highest BCUT2D eigenvalue weighted by atomic mass is 16.5. The van der Waals surface area contributed by atoms with Gasteiger partial charge in [0.1, 0.15) is 5.75 Å². The monoisotopic (exact) mass is 281 g/mol. The zero-order chi connectivity index (χ0) is 14.5. The number of allylic oxidation sites excluding steroid dienone is 2. The van der Waals surface area contributed by atoms with Crippen molar-refractivity contribution in [2.75, 3.05) is 13.7 Å². The summed E-state index contributed by atoms with van der Waals surface area (Å²) in [5.74, 6) is 1.75. The van der Waals surface area contributed by atoms with Crippen molar-refractivity contribution in [1.82, 2.24) is 5.32 Å². The van der Waals surface area contributed by atoms with Gasteiger partial charge in [0, 0.05) is 12.1 Å². The van der Waals surface area contributed by atoms with Crippen LogP contribution in [0.1, 0.15) is 24.8 Å². The number of fused-ring (bicyclic) bond motifs is 1. The third-order valence-corrected chi connectivity index (χ3v) is 4.33. The van der Waals surface area contributed by atoms with Crippen molar-refractivity contribution in [1.29, 1.82) is 0 Å². The maximum Gasteiger partial charge on any atom is 0.123 e. The standard InChI is InChI=1S/C19H23NO/c1-21-19-12-11-16-9-5-6-10-17(16)18(19)14-20-13-15-7-3-2-4-8-15/h2-3,5-6,9-12,15,20H,4,7-8,13-14H2,1H3. The smallest absolute Gasteiger partial charge is 0.123 e. The number of benzene rings is 2. The lowest BCUT2D eigenvalue weighted by atomic mass is 9.94. The number of nitrogens with one attached hydrogen (secondary N) is 1. The van der Waals surface area contributed by atoms with Crippen molar-refractivity contribution < 1.29 is 4.74 Å². The van der Waals surface area contributed by atoms with Crippen molar-refractivity contribution in [2.45, 2.75) is 25.8 Å². The first-order chi connectivity index (χ1) is 10.4. The van der Waals surface area contributed by atoms with Crippen LogP contribution in [0.4, 0.5) is 0 Å². The van der Waals surface area contributed by atoms with Crippen molar-refractivity contribution in [3.63, 3.8) is 0 Å². The number of methoxy groups -OCH3 is 1. The summed E-state index contributed by atoms with van der Waals surface area (Å²) in [6.07, 6.45) is 8.35. The molecular weight excluding hydrogens is 258 g/mol. The molecule has 1 atom stereocenters. The summed E-state index contributed by atoms with van der Waals surface area (Å²) in [6, 6.07) is 12.7. The molecule has 1 aliphatic carbocycles. The van der Waals surface area contributed by atoms with E-state index in [0.29, 0.717) is 0 Å². The van der Waals surface area contributed by atoms with Crippen LogP contribution in [0.25, 0.3) is 10.8 Å². The molecule has 1 aliphatic rings. The molecule has 0 radical (unpaired) electrons. The molecule has 0 aromatic heterocycles. The van der Waals surface area contributed by atoms with E-state index in [9.17, 15) is 0 Å². The Morgan fingerprint density at radius 3 is 2.86 bits per heavy atom. The van der Waals surface area contributed by atoms with Gasteiger partial charge in [-0.05, 0) is 48.6 Å². The van der Waals surface area contributed by atoms with E-state index in [0.717, 1.165) is 24.8 Å². The summed E-state index contributed by atoms with van der Waals surface area (Å²) in [4.78, 5) is 0. The second-order valence-electron chi connectivity index (χ2n) is 5.75. The fourth-order valence-electron chi connectivity index (χ4n) is 3.13. The van der Waals surface area contributed by atoms with Gasteiger partial charge in [-0.15, -0.1) is 0 Å². The molecule has 0 saturated carbocycles. The van der Waals surface area contributed by atoms with Gasteiger partial charge in [0.25, 0.3) is 0 Å². The maximum atomic E-state index is 5.54. The number of hydrogen-bond donors (Lipinski definition) is 1. The topological polar surface area (TPSA) is 21.3 Å². The van der Waals surface area contributed by atoms with Crippen molar-refractivity contribution in [3.05, 3.63) is 54.1 Å². The minimum absolute atomic E-state index is 0.774. The van der Waals surface area contributed by atoms with E-state index < -0.39 is 0 Å². The van der Waals surface area contributed by atoms with Crippen LogP contribution in [0, 0.1) is 5.92 Å². The van der Waals surface area contributed by atoms with Gasteiger partial charge in [0.15, 0.2) is 0 Å². The Hall–Kier alpha value is -1.80. The number of hydrogen-bond acceptors (Lipinski definition) is 2. The summed E-state index contributed by atoms with van der Waals surface area (Å²) >= 11 is 0. The van der Waals surface area contributed by atoms with E-state index in [2.05, 4.69) is 53.9 Å². The maximum absolute atomic E-state index is 5.54. The van der Waals surface area contributed by atoms with Crippen LogP contribution in [0.15, 0.2) is 48.6 Å². The largest absolute Gasteiger partial charge is 0.496 e. The Balaban J connectivity index is 1.74. The molecule has 2 heteroatoms. The van der Waals surface area contributed by atoms with Gasteiger partial charge in [-0.3, -0.25) is 0 Å². The summed E-state index contributed by atoms with van der Waals surface area (Å²) in [5, 5.41) is 6.18. The van der Waals surface area contributed by atoms with Crippen molar-refractivity contribution >= 4 is 10.8 Å². The predicted molar refractivity (Wildman–Crippen MR) is 88.7 cm³/mol. The fourth-order valence-corrected chi connectivity index (χ4v) is 3.13. The van der Waals surface area contributed by atoms with Gasteiger partial charge in [0.05, 0.1) is 7.11 Å². The highest BCUT2D eigenvalue weighted by Gasteiger charge is 2.11. The van der Waals surface area contributed by atoms with Crippen LogP contribution in [0.3, 0.4) is 0 Å². The lowest BCUT2D eigenvalue weighted by Gasteiger charge is -2.19. The number of rotatable bonds is 5. The average Bonchev–Trinajstić information content (AvgIpc) is 2.56.